The topological polar surface area (TPSA) is 71.0 Å². The largest absolute Gasteiger partial charge is 0.494 e. The molecule has 1 aliphatic heterocycles. The summed E-state index contributed by atoms with van der Waals surface area (Å²) in [7, 11) is 1.61. The molecule has 1 unspecified atom stereocenters. The highest BCUT2D eigenvalue weighted by Crippen LogP contribution is 2.32. The first kappa shape index (κ1) is 21.5. The van der Waals surface area contributed by atoms with E-state index in [0.29, 0.717) is 38.9 Å². The molecule has 0 aliphatic carbocycles. The Labute approximate surface area is 183 Å². The normalized spacial score (nSPS) is 17.0. The Morgan fingerprint density at radius 1 is 1.21 bits per heavy atom. The van der Waals surface area contributed by atoms with Crippen molar-refractivity contribution in [1.29, 1.82) is 0 Å². The number of amides is 2. The lowest BCUT2D eigenvalue weighted by atomic mass is 10.3. The van der Waals surface area contributed by atoms with Crippen LogP contribution in [0.3, 0.4) is 0 Å². The second kappa shape index (κ2) is 9.52. The number of nitrogens with one attached hydrogen (secondary N) is 1. The number of carbonyl (C=O) groups excluding carboxylic acids is 2. The van der Waals surface area contributed by atoms with E-state index in [4.69, 9.17) is 27.9 Å². The molecule has 152 valence electrons. The van der Waals surface area contributed by atoms with Gasteiger partial charge >= 0.3 is 0 Å². The molecule has 9 heteroatoms. The molecule has 2 aromatic rings. The van der Waals surface area contributed by atoms with E-state index in [1.165, 1.54) is 16.7 Å². The zero-order valence-electron chi connectivity index (χ0n) is 15.8. The van der Waals surface area contributed by atoms with Gasteiger partial charge in [0.25, 0.3) is 0 Å². The Bertz CT molecular complexity index is 950. The molecule has 29 heavy (non-hydrogen) atoms. The van der Waals surface area contributed by atoms with Gasteiger partial charge in [0.15, 0.2) is 5.17 Å². The average Bonchev–Trinajstić information content (AvgIpc) is 2.98. The molecule has 0 bridgehead atoms. The number of hydrogen-bond donors (Lipinski definition) is 1. The molecule has 1 fully saturated rings. The molecule has 3 rings (SSSR count). The molecule has 0 aromatic heterocycles. The van der Waals surface area contributed by atoms with Crippen LogP contribution in [0.1, 0.15) is 13.3 Å². The minimum absolute atomic E-state index is 0.0960. The summed E-state index contributed by atoms with van der Waals surface area (Å²) >= 11 is 13.2. The third-order valence-corrected chi connectivity index (χ3v) is 6.04. The van der Waals surface area contributed by atoms with Crippen LogP contribution in [0.2, 0.25) is 10.0 Å². The molecule has 2 amide bonds. The maximum atomic E-state index is 12.9. The van der Waals surface area contributed by atoms with Gasteiger partial charge in [-0.1, -0.05) is 35.0 Å². The highest BCUT2D eigenvalue weighted by molar-refractivity contribution is 8.15. The molecule has 0 radical (unpaired) electrons. The fraction of sp³-hybridized carbons (Fsp3) is 0.250. The lowest BCUT2D eigenvalue weighted by Gasteiger charge is -2.16. The lowest BCUT2D eigenvalue weighted by molar-refractivity contribution is -0.121. The number of nitrogens with zero attached hydrogens (tertiary/aromatic N) is 2. The Kier molecular flexibility index (Phi) is 7.05. The Hall–Kier alpha value is -2.22. The van der Waals surface area contributed by atoms with Crippen LogP contribution in [-0.4, -0.2) is 35.9 Å². The van der Waals surface area contributed by atoms with E-state index >= 15 is 0 Å². The third kappa shape index (κ3) is 5.04. The fourth-order valence-electron chi connectivity index (χ4n) is 2.80. The SMILES string of the molecule is CCOc1ccc(N2C(=O)CC(SC(=NC)Nc3ccc(Cl)c(Cl)c3)C2=O)cc1. The summed E-state index contributed by atoms with van der Waals surface area (Å²) < 4.78 is 5.40. The molecule has 1 N–H and O–H groups in total. The van der Waals surface area contributed by atoms with E-state index in [1.54, 1.807) is 49.5 Å². The van der Waals surface area contributed by atoms with E-state index in [0.717, 1.165) is 0 Å². The van der Waals surface area contributed by atoms with Crippen molar-refractivity contribution in [2.45, 2.75) is 18.6 Å². The number of imide groups is 1. The Balaban J connectivity index is 1.70. The fourth-order valence-corrected chi connectivity index (χ4v) is 4.08. The summed E-state index contributed by atoms with van der Waals surface area (Å²) in [4.78, 5) is 30.7. The number of anilines is 2. The molecule has 0 saturated carbocycles. The number of thioether (sulfide) groups is 1. The van der Waals surface area contributed by atoms with Crippen LogP contribution in [-0.2, 0) is 9.59 Å². The van der Waals surface area contributed by atoms with Crippen LogP contribution in [0.4, 0.5) is 11.4 Å². The molecular formula is C20H19Cl2N3O3S. The molecule has 6 nitrogen and oxygen atoms in total. The first-order chi connectivity index (χ1) is 13.9. The lowest BCUT2D eigenvalue weighted by Crippen LogP contribution is -2.31. The average molecular weight is 452 g/mol. The molecule has 1 saturated heterocycles. The minimum atomic E-state index is -0.567. The standard InChI is InChI=1S/C20H19Cl2N3O3S/c1-3-28-14-7-5-13(6-8-14)25-18(26)11-17(19(25)27)29-20(23-2)24-12-4-9-15(21)16(22)10-12/h4-10,17H,3,11H2,1-2H3,(H,23,24). The number of carbonyl (C=O) groups is 2. The second-order valence-corrected chi connectivity index (χ2v) is 8.09. The van der Waals surface area contributed by atoms with Gasteiger partial charge in [-0.3, -0.25) is 14.6 Å². The van der Waals surface area contributed by atoms with Gasteiger partial charge < -0.3 is 10.1 Å². The number of ether oxygens (including phenoxy) is 1. The highest BCUT2D eigenvalue weighted by atomic mass is 35.5. The zero-order valence-corrected chi connectivity index (χ0v) is 18.1. The van der Waals surface area contributed by atoms with Gasteiger partial charge in [-0.2, -0.15) is 0 Å². The van der Waals surface area contributed by atoms with Crippen LogP contribution in [0.25, 0.3) is 0 Å². The molecule has 2 aromatic carbocycles. The number of hydrogen-bond acceptors (Lipinski definition) is 5. The van der Waals surface area contributed by atoms with Gasteiger partial charge in [-0.05, 0) is 49.4 Å². The van der Waals surface area contributed by atoms with Gasteiger partial charge in [-0.25, -0.2) is 4.90 Å². The van der Waals surface area contributed by atoms with Crippen LogP contribution >= 0.6 is 35.0 Å². The van der Waals surface area contributed by atoms with Crippen molar-refractivity contribution in [2.75, 3.05) is 23.9 Å². The number of halogens is 2. The predicted molar refractivity (Wildman–Crippen MR) is 120 cm³/mol. The number of amidine groups is 1. The number of benzene rings is 2. The van der Waals surface area contributed by atoms with Crippen molar-refractivity contribution in [3.05, 3.63) is 52.5 Å². The zero-order chi connectivity index (χ0) is 21.0. The summed E-state index contributed by atoms with van der Waals surface area (Å²) in [6.45, 7) is 2.44. The van der Waals surface area contributed by atoms with Crippen molar-refractivity contribution >= 4 is 63.3 Å². The van der Waals surface area contributed by atoms with Crippen LogP contribution in [0.5, 0.6) is 5.75 Å². The van der Waals surface area contributed by atoms with Gasteiger partial charge in [0.2, 0.25) is 11.8 Å². The maximum absolute atomic E-state index is 12.9. The van der Waals surface area contributed by atoms with E-state index in [1.807, 2.05) is 6.92 Å². The summed E-state index contributed by atoms with van der Waals surface area (Å²) in [6.07, 6.45) is 0.0960. The van der Waals surface area contributed by atoms with E-state index in [9.17, 15) is 9.59 Å². The number of rotatable bonds is 5. The molecular weight excluding hydrogens is 433 g/mol. The third-order valence-electron chi connectivity index (χ3n) is 4.14. The maximum Gasteiger partial charge on any atom is 0.247 e. The van der Waals surface area contributed by atoms with E-state index in [2.05, 4.69) is 10.3 Å². The van der Waals surface area contributed by atoms with Crippen LogP contribution in [0, 0.1) is 0 Å². The van der Waals surface area contributed by atoms with Crippen molar-refractivity contribution in [3.8, 4) is 5.75 Å². The highest BCUT2D eigenvalue weighted by Gasteiger charge is 2.40. The smallest absolute Gasteiger partial charge is 0.247 e. The van der Waals surface area contributed by atoms with E-state index in [-0.39, 0.29) is 18.2 Å². The number of aliphatic imine (C=N–C) groups is 1. The predicted octanol–water partition coefficient (Wildman–Crippen LogP) is 4.86. The molecule has 1 atom stereocenters. The van der Waals surface area contributed by atoms with Crippen molar-refractivity contribution < 1.29 is 14.3 Å². The van der Waals surface area contributed by atoms with E-state index < -0.39 is 5.25 Å². The summed E-state index contributed by atoms with van der Waals surface area (Å²) in [6, 6.07) is 12.0. The quantitative estimate of drug-likeness (QED) is 0.399. The second-order valence-electron chi connectivity index (χ2n) is 6.09. The first-order valence-electron chi connectivity index (χ1n) is 8.88. The van der Waals surface area contributed by atoms with Gasteiger partial charge in [0, 0.05) is 19.2 Å². The Morgan fingerprint density at radius 2 is 1.93 bits per heavy atom. The Morgan fingerprint density at radius 3 is 2.55 bits per heavy atom. The summed E-state index contributed by atoms with van der Waals surface area (Å²) in [5.74, 6) is 0.162. The summed E-state index contributed by atoms with van der Waals surface area (Å²) in [5, 5.41) is 3.90. The van der Waals surface area contributed by atoms with Gasteiger partial charge in [0.05, 0.1) is 22.3 Å². The first-order valence-corrected chi connectivity index (χ1v) is 10.5. The van der Waals surface area contributed by atoms with Gasteiger partial charge in [-0.15, -0.1) is 0 Å². The molecule has 0 spiro atoms. The molecule has 1 heterocycles. The minimum Gasteiger partial charge on any atom is -0.494 e. The van der Waals surface area contributed by atoms with Crippen LogP contribution in [0.15, 0.2) is 47.5 Å². The van der Waals surface area contributed by atoms with Crippen molar-refractivity contribution in [1.82, 2.24) is 0 Å². The monoisotopic (exact) mass is 451 g/mol. The molecule has 1 aliphatic rings. The van der Waals surface area contributed by atoms with Gasteiger partial charge in [0.1, 0.15) is 11.0 Å². The van der Waals surface area contributed by atoms with Crippen molar-refractivity contribution in [2.24, 2.45) is 4.99 Å². The summed E-state index contributed by atoms with van der Waals surface area (Å²) in [5.41, 5.74) is 1.21. The van der Waals surface area contributed by atoms with Crippen LogP contribution < -0.4 is 15.0 Å². The van der Waals surface area contributed by atoms with Crippen molar-refractivity contribution in [3.63, 3.8) is 0 Å².